The second kappa shape index (κ2) is 8.51. The van der Waals surface area contributed by atoms with Crippen LogP contribution in [0.1, 0.15) is 33.7 Å². The van der Waals surface area contributed by atoms with Gasteiger partial charge in [0, 0.05) is 11.6 Å². The van der Waals surface area contributed by atoms with Crippen molar-refractivity contribution in [2.45, 2.75) is 33.7 Å². The number of anilines is 1. The summed E-state index contributed by atoms with van der Waals surface area (Å²) in [4.78, 5) is 16.9. The Morgan fingerprint density at radius 3 is 2.19 bits per heavy atom. The summed E-state index contributed by atoms with van der Waals surface area (Å²) in [6.45, 7) is 8.35. The summed E-state index contributed by atoms with van der Waals surface area (Å²) in [5.41, 5.74) is 8.88. The number of hydrogen-bond donors (Lipinski definition) is 2. The van der Waals surface area contributed by atoms with E-state index in [1.165, 1.54) is 18.2 Å². The number of nitrogens with one attached hydrogen (secondary N) is 1. The Bertz CT molecular complexity index is 1560. The molecule has 1 unspecified atom stereocenters. The minimum absolute atomic E-state index is 0.00194. The van der Waals surface area contributed by atoms with Gasteiger partial charge in [-0.25, -0.2) is 28.1 Å². The van der Waals surface area contributed by atoms with Crippen LogP contribution in [0.2, 0.25) is 0 Å². The zero-order chi connectivity index (χ0) is 25.8. The molecule has 184 valence electrons. The fraction of sp³-hybridized carbons (Fsp3) is 0.222. The zero-order valence-corrected chi connectivity index (χ0v) is 20.3. The largest absolute Gasteiger partial charge is 0.369 e. The predicted octanol–water partition coefficient (Wildman–Crippen LogP) is 6.76. The molecule has 6 nitrogen and oxygen atoms in total. The van der Waals surface area contributed by atoms with E-state index in [0.29, 0.717) is 39.8 Å². The number of nitrogens with zero attached hydrogens (tertiary/aromatic N) is 4. The SMILES string of the molecule is CC(n1c(N)nc2ccc(-c3[nH]c(-c4c(F)cccc4F)nc3-c3ccc(F)cc3)nc21)C(C)(C)C. The average molecular weight is 491 g/mol. The lowest BCUT2D eigenvalue weighted by molar-refractivity contribution is 0.269. The van der Waals surface area contributed by atoms with Crippen molar-refractivity contribution in [3.63, 3.8) is 0 Å². The van der Waals surface area contributed by atoms with Crippen LogP contribution in [-0.4, -0.2) is 24.5 Å². The number of aromatic nitrogens is 5. The highest BCUT2D eigenvalue weighted by Gasteiger charge is 2.27. The summed E-state index contributed by atoms with van der Waals surface area (Å²) in [5, 5.41) is 0. The summed E-state index contributed by atoms with van der Waals surface area (Å²) < 4.78 is 44.7. The van der Waals surface area contributed by atoms with Crippen LogP contribution in [0.4, 0.5) is 19.1 Å². The van der Waals surface area contributed by atoms with E-state index in [1.54, 1.807) is 24.3 Å². The number of hydrogen-bond acceptors (Lipinski definition) is 4. The first-order chi connectivity index (χ1) is 17.0. The summed E-state index contributed by atoms with van der Waals surface area (Å²) in [5.74, 6) is -1.58. The predicted molar refractivity (Wildman–Crippen MR) is 134 cm³/mol. The minimum Gasteiger partial charge on any atom is -0.369 e. The molecule has 0 saturated carbocycles. The van der Waals surface area contributed by atoms with Crippen LogP contribution in [0.3, 0.4) is 0 Å². The molecule has 36 heavy (non-hydrogen) atoms. The number of imidazole rings is 2. The van der Waals surface area contributed by atoms with E-state index < -0.39 is 17.5 Å². The van der Waals surface area contributed by atoms with Gasteiger partial charge in [0.15, 0.2) is 5.65 Å². The quantitative estimate of drug-likeness (QED) is 0.291. The molecule has 5 rings (SSSR count). The second-order valence-corrected chi connectivity index (χ2v) is 9.83. The van der Waals surface area contributed by atoms with Crippen LogP contribution in [0.25, 0.3) is 45.2 Å². The van der Waals surface area contributed by atoms with Crippen molar-refractivity contribution in [1.82, 2.24) is 24.5 Å². The number of nitrogen functional groups attached to an aromatic ring is 1. The monoisotopic (exact) mass is 490 g/mol. The number of nitrogens with two attached hydrogens (primary N) is 1. The first kappa shape index (κ1) is 23.6. The molecule has 0 aliphatic carbocycles. The number of rotatable bonds is 4. The maximum Gasteiger partial charge on any atom is 0.202 e. The maximum absolute atomic E-state index is 14.6. The van der Waals surface area contributed by atoms with E-state index in [0.717, 1.165) is 12.1 Å². The highest BCUT2D eigenvalue weighted by atomic mass is 19.1. The third-order valence-corrected chi connectivity index (χ3v) is 6.48. The molecular formula is C27H25F3N6. The van der Waals surface area contributed by atoms with E-state index >= 15 is 0 Å². The minimum atomic E-state index is -0.755. The van der Waals surface area contributed by atoms with Gasteiger partial charge in [-0.2, -0.15) is 0 Å². The van der Waals surface area contributed by atoms with Crippen LogP contribution in [0.15, 0.2) is 54.6 Å². The highest BCUT2D eigenvalue weighted by Crippen LogP contribution is 2.37. The molecule has 0 fully saturated rings. The van der Waals surface area contributed by atoms with Crippen molar-refractivity contribution in [2.24, 2.45) is 5.41 Å². The molecule has 0 aliphatic heterocycles. The molecule has 0 aliphatic rings. The number of pyridine rings is 1. The Morgan fingerprint density at radius 1 is 0.889 bits per heavy atom. The van der Waals surface area contributed by atoms with Gasteiger partial charge in [-0.05, 0) is 60.9 Å². The van der Waals surface area contributed by atoms with Crippen LogP contribution in [-0.2, 0) is 0 Å². The lowest BCUT2D eigenvalue weighted by Gasteiger charge is -2.29. The van der Waals surface area contributed by atoms with Gasteiger partial charge < -0.3 is 10.7 Å². The molecule has 2 aromatic carbocycles. The lowest BCUT2D eigenvalue weighted by atomic mass is 9.88. The van der Waals surface area contributed by atoms with Crippen molar-refractivity contribution >= 4 is 17.1 Å². The zero-order valence-electron chi connectivity index (χ0n) is 20.3. The van der Waals surface area contributed by atoms with E-state index in [1.807, 2.05) is 11.5 Å². The molecule has 5 aromatic rings. The maximum atomic E-state index is 14.6. The Labute approximate surface area is 206 Å². The van der Waals surface area contributed by atoms with Crippen molar-refractivity contribution < 1.29 is 13.2 Å². The molecule has 0 saturated heterocycles. The van der Waals surface area contributed by atoms with Gasteiger partial charge in [0.25, 0.3) is 0 Å². The molecule has 3 N–H and O–H groups in total. The smallest absolute Gasteiger partial charge is 0.202 e. The third-order valence-electron chi connectivity index (χ3n) is 6.48. The highest BCUT2D eigenvalue weighted by molar-refractivity contribution is 5.84. The van der Waals surface area contributed by atoms with Gasteiger partial charge in [-0.3, -0.25) is 4.57 Å². The second-order valence-electron chi connectivity index (χ2n) is 9.83. The van der Waals surface area contributed by atoms with Gasteiger partial charge in [-0.1, -0.05) is 26.8 Å². The van der Waals surface area contributed by atoms with Crippen LogP contribution in [0.5, 0.6) is 0 Å². The van der Waals surface area contributed by atoms with Crippen LogP contribution in [0, 0.1) is 22.9 Å². The lowest BCUT2D eigenvalue weighted by Crippen LogP contribution is -2.23. The Hall–Kier alpha value is -4.14. The van der Waals surface area contributed by atoms with Crippen molar-refractivity contribution in [2.75, 3.05) is 5.73 Å². The molecule has 0 radical (unpaired) electrons. The number of fused-ring (bicyclic) bond motifs is 1. The standard InChI is InChI=1S/C27H25F3N6/c1-14(27(2,3)4)36-25-20(33-26(36)31)13-12-19(32-25)23-22(15-8-10-16(28)11-9-15)34-24(35-23)21-17(29)6-5-7-18(21)30/h5-14H,1-4H3,(H2,31,33)(H,34,35). The van der Waals surface area contributed by atoms with E-state index in [-0.39, 0.29) is 22.8 Å². The Balaban J connectivity index is 1.75. The van der Waals surface area contributed by atoms with Gasteiger partial charge in [0.05, 0.1) is 22.6 Å². The van der Waals surface area contributed by atoms with Crippen LogP contribution < -0.4 is 5.73 Å². The van der Waals surface area contributed by atoms with Crippen molar-refractivity contribution in [3.05, 3.63) is 72.0 Å². The summed E-state index contributed by atoms with van der Waals surface area (Å²) in [7, 11) is 0. The Kier molecular flexibility index (Phi) is 5.58. The average Bonchev–Trinajstić information content (AvgIpc) is 3.38. The molecule has 9 heteroatoms. The number of aromatic amines is 1. The van der Waals surface area contributed by atoms with Gasteiger partial charge in [-0.15, -0.1) is 0 Å². The molecule has 0 bridgehead atoms. The topological polar surface area (TPSA) is 85.4 Å². The molecule has 0 spiro atoms. The first-order valence-electron chi connectivity index (χ1n) is 11.5. The Morgan fingerprint density at radius 2 is 1.56 bits per heavy atom. The van der Waals surface area contributed by atoms with Gasteiger partial charge in [0.1, 0.15) is 28.8 Å². The fourth-order valence-electron chi connectivity index (χ4n) is 4.12. The van der Waals surface area contributed by atoms with Gasteiger partial charge in [0.2, 0.25) is 5.95 Å². The molecule has 0 amide bonds. The third kappa shape index (κ3) is 4.00. The first-order valence-corrected chi connectivity index (χ1v) is 11.5. The van der Waals surface area contributed by atoms with E-state index in [9.17, 15) is 13.2 Å². The summed E-state index contributed by atoms with van der Waals surface area (Å²) in [6, 6.07) is 12.8. The van der Waals surface area contributed by atoms with E-state index in [4.69, 9.17) is 10.7 Å². The summed E-state index contributed by atoms with van der Waals surface area (Å²) >= 11 is 0. The van der Waals surface area contributed by atoms with Crippen LogP contribution >= 0.6 is 0 Å². The normalized spacial score (nSPS) is 12.9. The fourth-order valence-corrected chi connectivity index (χ4v) is 4.12. The molecular weight excluding hydrogens is 465 g/mol. The molecule has 3 aromatic heterocycles. The van der Waals surface area contributed by atoms with Crippen molar-refractivity contribution in [1.29, 1.82) is 0 Å². The molecule has 1 atom stereocenters. The van der Waals surface area contributed by atoms with E-state index in [2.05, 4.69) is 35.7 Å². The summed E-state index contributed by atoms with van der Waals surface area (Å²) in [6.07, 6.45) is 0. The number of H-pyrrole nitrogens is 1. The number of halogens is 3. The van der Waals surface area contributed by atoms with Crippen molar-refractivity contribution in [3.8, 4) is 34.0 Å². The van der Waals surface area contributed by atoms with Gasteiger partial charge >= 0.3 is 0 Å². The molecule has 3 heterocycles. The number of benzene rings is 2.